The van der Waals surface area contributed by atoms with Crippen LogP contribution in [0.3, 0.4) is 0 Å². The fraction of sp³-hybridized carbons (Fsp3) is 0.222. The van der Waals surface area contributed by atoms with Gasteiger partial charge in [0.25, 0.3) is 11.8 Å². The third-order valence-corrected chi connectivity index (χ3v) is 3.28. The molecule has 0 bridgehead atoms. The van der Waals surface area contributed by atoms with Crippen LogP contribution >= 0.6 is 0 Å². The molecule has 0 aliphatic carbocycles. The minimum Gasteiger partial charge on any atom is -0.490 e. The number of para-hydroxylation sites is 1. The number of carbonyl (C=O) groups excluding carboxylic acids is 2. The molecule has 126 valence electrons. The number of rotatable bonds is 6. The predicted octanol–water partition coefficient (Wildman–Crippen LogP) is 2.10. The Hall–Kier alpha value is -2.86. The lowest BCUT2D eigenvalue weighted by atomic mass is 10.1. The molecule has 0 spiro atoms. The lowest BCUT2D eigenvalue weighted by molar-refractivity contribution is 0.0842. The van der Waals surface area contributed by atoms with Crippen molar-refractivity contribution in [3.05, 3.63) is 65.2 Å². The number of ether oxygens (including phenoxy) is 2. The Morgan fingerprint density at radius 3 is 2.29 bits per heavy atom. The Morgan fingerprint density at radius 1 is 0.917 bits per heavy atom. The van der Waals surface area contributed by atoms with Crippen LogP contribution in [0.4, 0.5) is 0 Å². The average molecular weight is 328 g/mol. The minimum atomic E-state index is -0.455. The fourth-order valence-corrected chi connectivity index (χ4v) is 1.97. The molecule has 0 heterocycles. The van der Waals surface area contributed by atoms with E-state index in [-0.39, 0.29) is 5.91 Å². The maximum absolute atomic E-state index is 12.3. The summed E-state index contributed by atoms with van der Waals surface area (Å²) in [4.78, 5) is 24.3. The van der Waals surface area contributed by atoms with Gasteiger partial charge in [-0.3, -0.25) is 20.4 Å². The van der Waals surface area contributed by atoms with Crippen molar-refractivity contribution >= 4 is 11.8 Å². The summed E-state index contributed by atoms with van der Waals surface area (Å²) in [5.41, 5.74) is 6.63. The molecule has 0 aromatic heterocycles. The SMILES string of the molecule is COCCOc1ccccc1C(=O)NNC(=O)c1ccc(C)cc1. The Morgan fingerprint density at radius 2 is 1.58 bits per heavy atom. The second-order valence-electron chi connectivity index (χ2n) is 5.11. The zero-order valence-electron chi connectivity index (χ0n) is 13.7. The Labute approximate surface area is 140 Å². The molecule has 0 radical (unpaired) electrons. The van der Waals surface area contributed by atoms with E-state index in [1.807, 2.05) is 19.1 Å². The van der Waals surface area contributed by atoms with E-state index in [0.717, 1.165) is 5.56 Å². The quantitative estimate of drug-likeness (QED) is 0.629. The molecule has 0 saturated carbocycles. The molecular weight excluding hydrogens is 308 g/mol. The van der Waals surface area contributed by atoms with Gasteiger partial charge in [-0.1, -0.05) is 29.8 Å². The Kier molecular flexibility index (Phi) is 6.33. The largest absolute Gasteiger partial charge is 0.490 e. The van der Waals surface area contributed by atoms with E-state index in [4.69, 9.17) is 9.47 Å². The maximum atomic E-state index is 12.3. The number of aryl methyl sites for hydroxylation is 1. The number of hydrogen-bond donors (Lipinski definition) is 2. The van der Waals surface area contributed by atoms with Crippen molar-refractivity contribution in [1.29, 1.82) is 0 Å². The summed E-state index contributed by atoms with van der Waals surface area (Å²) in [5.74, 6) is -0.416. The highest BCUT2D eigenvalue weighted by molar-refractivity contribution is 6.00. The number of methoxy groups -OCH3 is 1. The standard InChI is InChI=1S/C18H20N2O4/c1-13-7-9-14(10-8-13)17(21)19-20-18(22)15-5-3-4-6-16(15)24-12-11-23-2/h3-10H,11-12H2,1-2H3,(H,19,21)(H,20,22). The Bertz CT molecular complexity index is 698. The van der Waals surface area contributed by atoms with Gasteiger partial charge in [-0.05, 0) is 31.2 Å². The van der Waals surface area contributed by atoms with Crippen molar-refractivity contribution in [2.45, 2.75) is 6.92 Å². The highest BCUT2D eigenvalue weighted by atomic mass is 16.5. The average Bonchev–Trinajstić information content (AvgIpc) is 2.60. The molecular formula is C18H20N2O4. The number of benzene rings is 2. The highest BCUT2D eigenvalue weighted by Crippen LogP contribution is 2.17. The van der Waals surface area contributed by atoms with Crippen LogP contribution in [-0.4, -0.2) is 32.1 Å². The first-order chi connectivity index (χ1) is 11.6. The van der Waals surface area contributed by atoms with Crippen molar-refractivity contribution in [3.63, 3.8) is 0 Å². The monoisotopic (exact) mass is 328 g/mol. The van der Waals surface area contributed by atoms with E-state index >= 15 is 0 Å². The molecule has 6 heteroatoms. The molecule has 2 aromatic carbocycles. The third kappa shape index (κ3) is 4.82. The zero-order valence-corrected chi connectivity index (χ0v) is 13.7. The molecule has 2 rings (SSSR count). The maximum Gasteiger partial charge on any atom is 0.273 e. The smallest absolute Gasteiger partial charge is 0.273 e. The van der Waals surface area contributed by atoms with Crippen molar-refractivity contribution in [2.24, 2.45) is 0 Å². The van der Waals surface area contributed by atoms with Gasteiger partial charge < -0.3 is 9.47 Å². The summed E-state index contributed by atoms with van der Waals surface area (Å²) >= 11 is 0. The lowest BCUT2D eigenvalue weighted by Gasteiger charge is -2.12. The van der Waals surface area contributed by atoms with Gasteiger partial charge >= 0.3 is 0 Å². The van der Waals surface area contributed by atoms with Crippen LogP contribution in [0.1, 0.15) is 26.3 Å². The van der Waals surface area contributed by atoms with Crippen molar-refractivity contribution in [2.75, 3.05) is 20.3 Å². The number of amides is 2. The van der Waals surface area contributed by atoms with Gasteiger partial charge in [0.15, 0.2) is 0 Å². The second kappa shape index (κ2) is 8.69. The lowest BCUT2D eigenvalue weighted by Crippen LogP contribution is -2.41. The minimum absolute atomic E-state index is 0.330. The topological polar surface area (TPSA) is 76.7 Å². The van der Waals surface area contributed by atoms with Gasteiger partial charge in [0.2, 0.25) is 0 Å². The summed E-state index contributed by atoms with van der Waals surface area (Å²) in [6.45, 7) is 2.68. The third-order valence-electron chi connectivity index (χ3n) is 3.28. The van der Waals surface area contributed by atoms with Gasteiger partial charge in [0, 0.05) is 12.7 Å². The van der Waals surface area contributed by atoms with Gasteiger partial charge in [0.1, 0.15) is 12.4 Å². The first-order valence-corrected chi connectivity index (χ1v) is 7.50. The second-order valence-corrected chi connectivity index (χ2v) is 5.11. The van der Waals surface area contributed by atoms with Gasteiger partial charge in [-0.2, -0.15) is 0 Å². The van der Waals surface area contributed by atoms with Crippen molar-refractivity contribution < 1.29 is 19.1 Å². The van der Waals surface area contributed by atoms with E-state index in [1.165, 1.54) is 0 Å². The van der Waals surface area contributed by atoms with E-state index in [2.05, 4.69) is 10.9 Å². The Balaban J connectivity index is 1.97. The summed E-state index contributed by atoms with van der Waals surface area (Å²) in [5, 5.41) is 0. The molecule has 24 heavy (non-hydrogen) atoms. The van der Waals surface area contributed by atoms with E-state index in [9.17, 15) is 9.59 Å². The molecule has 6 nitrogen and oxygen atoms in total. The summed E-state index contributed by atoms with van der Waals surface area (Å²) in [6.07, 6.45) is 0. The van der Waals surface area contributed by atoms with E-state index in [1.54, 1.807) is 43.5 Å². The van der Waals surface area contributed by atoms with Gasteiger partial charge in [0.05, 0.1) is 12.2 Å². The molecule has 0 aliphatic rings. The molecule has 0 aliphatic heterocycles. The van der Waals surface area contributed by atoms with Crippen LogP contribution in [0.25, 0.3) is 0 Å². The summed E-state index contributed by atoms with van der Waals surface area (Å²) < 4.78 is 10.4. The van der Waals surface area contributed by atoms with Crippen LogP contribution in [0.15, 0.2) is 48.5 Å². The first kappa shape index (κ1) is 17.5. The summed E-state index contributed by atoms with van der Waals surface area (Å²) in [6, 6.07) is 13.8. The van der Waals surface area contributed by atoms with Crippen molar-refractivity contribution in [1.82, 2.24) is 10.9 Å². The number of hydrazine groups is 1. The summed E-state index contributed by atoms with van der Waals surface area (Å²) in [7, 11) is 1.57. The fourth-order valence-electron chi connectivity index (χ4n) is 1.97. The highest BCUT2D eigenvalue weighted by Gasteiger charge is 2.13. The van der Waals surface area contributed by atoms with Crippen LogP contribution in [0, 0.1) is 6.92 Å². The predicted molar refractivity (Wildman–Crippen MR) is 89.9 cm³/mol. The van der Waals surface area contributed by atoms with Gasteiger partial charge in [-0.25, -0.2) is 0 Å². The van der Waals surface area contributed by atoms with Crippen LogP contribution in [0.2, 0.25) is 0 Å². The first-order valence-electron chi connectivity index (χ1n) is 7.50. The molecule has 0 fully saturated rings. The van der Waals surface area contributed by atoms with Crippen LogP contribution in [-0.2, 0) is 4.74 Å². The van der Waals surface area contributed by atoms with Gasteiger partial charge in [-0.15, -0.1) is 0 Å². The molecule has 0 saturated heterocycles. The number of hydrogen-bond acceptors (Lipinski definition) is 4. The normalized spacial score (nSPS) is 10.1. The molecule has 2 N–H and O–H groups in total. The number of carbonyl (C=O) groups is 2. The molecule has 2 amide bonds. The van der Waals surface area contributed by atoms with Crippen LogP contribution in [0.5, 0.6) is 5.75 Å². The van der Waals surface area contributed by atoms with E-state index in [0.29, 0.717) is 30.1 Å². The van der Waals surface area contributed by atoms with Crippen LogP contribution < -0.4 is 15.6 Å². The molecule has 2 aromatic rings. The van der Waals surface area contributed by atoms with E-state index < -0.39 is 5.91 Å². The molecule has 0 unspecified atom stereocenters. The zero-order chi connectivity index (χ0) is 17.4. The van der Waals surface area contributed by atoms with Crippen molar-refractivity contribution in [3.8, 4) is 5.75 Å². The number of nitrogens with one attached hydrogen (secondary N) is 2. The molecule has 0 atom stereocenters.